The third-order valence-corrected chi connectivity index (χ3v) is 4.04. The van der Waals surface area contributed by atoms with E-state index in [1.807, 2.05) is 73.6 Å². The molecule has 1 amide bonds. The lowest BCUT2D eigenvalue weighted by Gasteiger charge is -2.13. The molecule has 1 N–H and O–H groups in total. The van der Waals surface area contributed by atoms with Crippen LogP contribution in [0.3, 0.4) is 0 Å². The summed E-state index contributed by atoms with van der Waals surface area (Å²) >= 11 is 0. The fraction of sp³-hybridized carbons (Fsp3) is 0.200. The summed E-state index contributed by atoms with van der Waals surface area (Å²) in [6.07, 6.45) is 0. The van der Waals surface area contributed by atoms with Crippen molar-refractivity contribution in [3.05, 3.63) is 71.5 Å². The molecular formula is C20H21N3O2. The number of carbonyl (C=O) groups excluding carboxylic acids is 1. The Hall–Kier alpha value is -3.08. The van der Waals surface area contributed by atoms with Crippen molar-refractivity contribution >= 4 is 11.6 Å². The van der Waals surface area contributed by atoms with E-state index in [9.17, 15) is 4.79 Å². The number of carbonyl (C=O) groups is 1. The maximum absolute atomic E-state index is 12.6. The summed E-state index contributed by atoms with van der Waals surface area (Å²) in [7, 11) is 3.99. The Kier molecular flexibility index (Phi) is 4.84. The van der Waals surface area contributed by atoms with Crippen LogP contribution in [0.2, 0.25) is 0 Å². The molecule has 0 fully saturated rings. The molecule has 0 aliphatic carbocycles. The Balaban J connectivity index is 1.75. The lowest BCUT2D eigenvalue weighted by molar-refractivity contribution is 0.0950. The highest BCUT2D eigenvalue weighted by Gasteiger charge is 2.21. The van der Waals surface area contributed by atoms with Gasteiger partial charge in [0.2, 0.25) is 0 Å². The zero-order valence-electron chi connectivity index (χ0n) is 14.6. The summed E-state index contributed by atoms with van der Waals surface area (Å²) in [5.41, 5.74) is 4.07. The summed E-state index contributed by atoms with van der Waals surface area (Å²) in [5.74, 6) is 0.327. The van der Waals surface area contributed by atoms with Crippen molar-refractivity contribution in [3.8, 4) is 11.3 Å². The second-order valence-corrected chi connectivity index (χ2v) is 6.07. The number of hydrogen-bond acceptors (Lipinski definition) is 4. The van der Waals surface area contributed by atoms with E-state index in [-0.39, 0.29) is 5.91 Å². The number of amides is 1. The second kappa shape index (κ2) is 7.21. The average Bonchev–Trinajstić information content (AvgIpc) is 3.02. The van der Waals surface area contributed by atoms with E-state index in [0.29, 0.717) is 23.6 Å². The maximum atomic E-state index is 12.6. The van der Waals surface area contributed by atoms with Crippen LogP contribution in [0.25, 0.3) is 11.3 Å². The zero-order valence-corrected chi connectivity index (χ0v) is 14.6. The molecule has 3 aromatic rings. The SMILES string of the molecule is Cc1onc(-c2ccccc2)c1C(=O)NCc1ccc(N(C)C)cc1. The van der Waals surface area contributed by atoms with Gasteiger partial charge in [0.1, 0.15) is 17.0 Å². The molecule has 128 valence electrons. The van der Waals surface area contributed by atoms with Gasteiger partial charge in [0.05, 0.1) is 0 Å². The molecule has 0 bridgehead atoms. The first-order chi connectivity index (χ1) is 12.1. The van der Waals surface area contributed by atoms with Crippen molar-refractivity contribution in [1.29, 1.82) is 0 Å². The number of hydrogen-bond donors (Lipinski definition) is 1. The molecule has 0 atom stereocenters. The molecule has 0 aliphatic heterocycles. The van der Waals surface area contributed by atoms with Gasteiger partial charge in [-0.2, -0.15) is 0 Å². The molecule has 0 saturated heterocycles. The van der Waals surface area contributed by atoms with Gasteiger partial charge in [0, 0.05) is 31.9 Å². The fourth-order valence-corrected chi connectivity index (χ4v) is 2.62. The van der Waals surface area contributed by atoms with Gasteiger partial charge in [-0.3, -0.25) is 4.79 Å². The fourth-order valence-electron chi connectivity index (χ4n) is 2.62. The minimum atomic E-state index is -0.186. The van der Waals surface area contributed by atoms with Gasteiger partial charge < -0.3 is 14.7 Å². The molecule has 1 heterocycles. The maximum Gasteiger partial charge on any atom is 0.257 e. The Labute approximate surface area is 147 Å². The van der Waals surface area contributed by atoms with Gasteiger partial charge >= 0.3 is 0 Å². The Bertz CT molecular complexity index is 852. The van der Waals surface area contributed by atoms with E-state index in [4.69, 9.17) is 4.52 Å². The molecule has 0 aliphatic rings. The quantitative estimate of drug-likeness (QED) is 0.773. The summed E-state index contributed by atoms with van der Waals surface area (Å²) in [4.78, 5) is 14.7. The minimum absolute atomic E-state index is 0.186. The summed E-state index contributed by atoms with van der Waals surface area (Å²) in [6.45, 7) is 2.20. The second-order valence-electron chi connectivity index (χ2n) is 6.07. The van der Waals surface area contributed by atoms with Gasteiger partial charge in [0.25, 0.3) is 5.91 Å². The number of benzene rings is 2. The van der Waals surface area contributed by atoms with Crippen LogP contribution in [0, 0.1) is 6.92 Å². The molecule has 5 heteroatoms. The van der Waals surface area contributed by atoms with Crippen LogP contribution >= 0.6 is 0 Å². The topological polar surface area (TPSA) is 58.4 Å². The first-order valence-corrected chi connectivity index (χ1v) is 8.12. The van der Waals surface area contributed by atoms with Crippen molar-refractivity contribution in [3.63, 3.8) is 0 Å². The van der Waals surface area contributed by atoms with Crippen molar-refractivity contribution in [2.24, 2.45) is 0 Å². The van der Waals surface area contributed by atoms with Crippen LogP contribution < -0.4 is 10.2 Å². The molecule has 0 unspecified atom stereocenters. The number of anilines is 1. The van der Waals surface area contributed by atoms with Gasteiger partial charge in [-0.15, -0.1) is 0 Å². The normalized spacial score (nSPS) is 10.5. The predicted molar refractivity (Wildman–Crippen MR) is 98.6 cm³/mol. The van der Waals surface area contributed by atoms with E-state index < -0.39 is 0 Å². The van der Waals surface area contributed by atoms with Gasteiger partial charge in [-0.05, 0) is 24.6 Å². The van der Waals surface area contributed by atoms with E-state index >= 15 is 0 Å². The first-order valence-electron chi connectivity index (χ1n) is 8.12. The van der Waals surface area contributed by atoms with Crippen molar-refractivity contribution < 1.29 is 9.32 Å². The van der Waals surface area contributed by atoms with Crippen LogP contribution in [0.5, 0.6) is 0 Å². The van der Waals surface area contributed by atoms with Crippen LogP contribution in [0.4, 0.5) is 5.69 Å². The predicted octanol–water partition coefficient (Wildman–Crippen LogP) is 3.65. The van der Waals surface area contributed by atoms with Crippen LogP contribution in [0.1, 0.15) is 21.7 Å². The monoisotopic (exact) mass is 335 g/mol. The Morgan fingerprint density at radius 3 is 2.40 bits per heavy atom. The van der Waals surface area contributed by atoms with E-state index in [1.165, 1.54) is 0 Å². The third-order valence-electron chi connectivity index (χ3n) is 4.04. The molecule has 0 spiro atoms. The third kappa shape index (κ3) is 3.71. The van der Waals surface area contributed by atoms with Gasteiger partial charge in [0.15, 0.2) is 0 Å². The molecule has 5 nitrogen and oxygen atoms in total. The Morgan fingerprint density at radius 2 is 1.76 bits per heavy atom. The van der Waals surface area contributed by atoms with E-state index in [1.54, 1.807) is 6.92 Å². The molecule has 25 heavy (non-hydrogen) atoms. The molecule has 1 aromatic heterocycles. The highest BCUT2D eigenvalue weighted by molar-refractivity contribution is 6.00. The highest BCUT2D eigenvalue weighted by atomic mass is 16.5. The van der Waals surface area contributed by atoms with Crippen LogP contribution in [-0.2, 0) is 6.54 Å². The molecule has 3 rings (SSSR count). The lowest BCUT2D eigenvalue weighted by atomic mass is 10.1. The Morgan fingerprint density at radius 1 is 1.08 bits per heavy atom. The van der Waals surface area contributed by atoms with Crippen molar-refractivity contribution in [1.82, 2.24) is 10.5 Å². The molecular weight excluding hydrogens is 314 g/mol. The van der Waals surface area contributed by atoms with Crippen molar-refractivity contribution in [2.45, 2.75) is 13.5 Å². The lowest BCUT2D eigenvalue weighted by Crippen LogP contribution is -2.23. The number of rotatable bonds is 5. The van der Waals surface area contributed by atoms with Crippen molar-refractivity contribution in [2.75, 3.05) is 19.0 Å². The smallest absolute Gasteiger partial charge is 0.257 e. The first kappa shape index (κ1) is 16.8. The molecule has 0 radical (unpaired) electrons. The highest BCUT2D eigenvalue weighted by Crippen LogP contribution is 2.25. The summed E-state index contributed by atoms with van der Waals surface area (Å²) in [5, 5.41) is 7.00. The zero-order chi connectivity index (χ0) is 17.8. The van der Waals surface area contributed by atoms with Gasteiger partial charge in [-0.1, -0.05) is 47.6 Å². The number of aryl methyl sites for hydroxylation is 1. The van der Waals surface area contributed by atoms with Crippen LogP contribution in [-0.4, -0.2) is 25.2 Å². The number of nitrogens with one attached hydrogen (secondary N) is 1. The number of aromatic nitrogens is 1. The molecule has 2 aromatic carbocycles. The van der Waals surface area contributed by atoms with Crippen LogP contribution in [0.15, 0.2) is 59.1 Å². The van der Waals surface area contributed by atoms with Gasteiger partial charge in [-0.25, -0.2) is 0 Å². The summed E-state index contributed by atoms with van der Waals surface area (Å²) < 4.78 is 5.25. The average molecular weight is 335 g/mol. The number of nitrogens with zero attached hydrogens (tertiary/aromatic N) is 2. The standard InChI is InChI=1S/C20H21N3O2/c1-14-18(19(22-25-14)16-7-5-4-6-8-16)20(24)21-13-15-9-11-17(12-10-15)23(2)3/h4-12H,13H2,1-3H3,(H,21,24). The van der Waals surface area contributed by atoms with E-state index in [0.717, 1.165) is 16.8 Å². The minimum Gasteiger partial charge on any atom is -0.378 e. The van der Waals surface area contributed by atoms with E-state index in [2.05, 4.69) is 10.5 Å². The molecule has 0 saturated carbocycles. The largest absolute Gasteiger partial charge is 0.378 e. The summed E-state index contributed by atoms with van der Waals surface area (Å²) in [6, 6.07) is 17.6.